The number of nitrogens with zero attached hydrogens (tertiary/aromatic N) is 1. The highest BCUT2D eigenvalue weighted by Gasteiger charge is 2.33. The molecule has 0 aliphatic carbocycles. The van der Waals surface area contributed by atoms with Gasteiger partial charge in [0.2, 0.25) is 0 Å². The van der Waals surface area contributed by atoms with Gasteiger partial charge in [-0.25, -0.2) is 9.18 Å². The molecular weight excluding hydrogens is 469 g/mol. The van der Waals surface area contributed by atoms with Crippen LogP contribution in [-0.4, -0.2) is 60.3 Å². The number of hydrogen-bond donors (Lipinski definition) is 3. The first kappa shape index (κ1) is 26.7. The number of ketones is 1. The Morgan fingerprint density at radius 1 is 1.19 bits per heavy atom. The minimum atomic E-state index is -1.11. The molecule has 3 N–H and O–H groups in total. The van der Waals surface area contributed by atoms with E-state index in [1.54, 1.807) is 25.1 Å². The highest BCUT2D eigenvalue weighted by Crippen LogP contribution is 2.35. The molecule has 0 radical (unpaired) electrons. The predicted molar refractivity (Wildman–Crippen MR) is 131 cm³/mol. The molecule has 0 spiro atoms. The number of Topliss-reactive ketones (excluding diaryl/α,β-unsaturated/α-hetero) is 1. The zero-order valence-corrected chi connectivity index (χ0v) is 21.0. The van der Waals surface area contributed by atoms with Gasteiger partial charge in [0.15, 0.2) is 24.0 Å². The third-order valence-corrected chi connectivity index (χ3v) is 5.80. The molecule has 0 saturated heterocycles. The number of rotatable bonds is 9. The van der Waals surface area contributed by atoms with E-state index in [1.807, 2.05) is 20.8 Å². The number of hydrogen-bond acceptors (Lipinski definition) is 6. The summed E-state index contributed by atoms with van der Waals surface area (Å²) in [4.78, 5) is 37.8. The normalized spacial score (nSPS) is 12.8. The van der Waals surface area contributed by atoms with Crippen molar-refractivity contribution in [2.24, 2.45) is 0 Å². The van der Waals surface area contributed by atoms with Gasteiger partial charge in [-0.3, -0.25) is 15.0 Å². The summed E-state index contributed by atoms with van der Waals surface area (Å²) in [5, 5.41) is 19.9. The van der Waals surface area contributed by atoms with Crippen molar-refractivity contribution in [3.05, 3.63) is 57.9 Å². The summed E-state index contributed by atoms with van der Waals surface area (Å²) in [7, 11) is 1.42. The SMILES string of the molecule is CCOc1c(C(=O)NC)cc2c(c1F)CN(CC(=O)c1ccc(OCC(=O)O)c(C(C)(C)C)c1)C2=N. The van der Waals surface area contributed by atoms with E-state index in [0.29, 0.717) is 16.9 Å². The lowest BCUT2D eigenvalue weighted by atomic mass is 9.85. The number of aliphatic carboxylic acids is 1. The highest BCUT2D eigenvalue weighted by molar-refractivity contribution is 6.07. The average molecular weight is 500 g/mol. The average Bonchev–Trinajstić information content (AvgIpc) is 3.13. The molecule has 1 aliphatic rings. The zero-order valence-electron chi connectivity index (χ0n) is 21.0. The lowest BCUT2D eigenvalue weighted by Gasteiger charge is -2.24. The van der Waals surface area contributed by atoms with Gasteiger partial charge in [0.1, 0.15) is 11.6 Å². The van der Waals surface area contributed by atoms with Crippen molar-refractivity contribution in [3.63, 3.8) is 0 Å². The molecule has 0 bridgehead atoms. The monoisotopic (exact) mass is 499 g/mol. The molecule has 1 aliphatic heterocycles. The second kappa shape index (κ2) is 10.3. The molecule has 0 atom stereocenters. The van der Waals surface area contributed by atoms with Crippen LogP contribution in [0.1, 0.15) is 65.1 Å². The van der Waals surface area contributed by atoms with E-state index in [0.717, 1.165) is 0 Å². The molecule has 192 valence electrons. The molecule has 0 unspecified atom stereocenters. The minimum Gasteiger partial charge on any atom is -0.490 e. The van der Waals surface area contributed by atoms with Crippen LogP contribution in [0.25, 0.3) is 0 Å². The Kier molecular flexibility index (Phi) is 7.66. The number of nitrogens with one attached hydrogen (secondary N) is 2. The van der Waals surface area contributed by atoms with Crippen LogP contribution in [0.2, 0.25) is 0 Å². The summed E-state index contributed by atoms with van der Waals surface area (Å²) in [5.74, 6) is -2.55. The van der Waals surface area contributed by atoms with Gasteiger partial charge in [-0.05, 0) is 36.6 Å². The Hall–Kier alpha value is -3.95. The van der Waals surface area contributed by atoms with Gasteiger partial charge in [-0.15, -0.1) is 0 Å². The van der Waals surface area contributed by atoms with Crippen molar-refractivity contribution in [2.45, 2.75) is 39.7 Å². The van der Waals surface area contributed by atoms with Crippen molar-refractivity contribution in [3.8, 4) is 11.5 Å². The predicted octanol–water partition coefficient (Wildman–Crippen LogP) is 3.37. The quantitative estimate of drug-likeness (QED) is 0.451. The molecule has 0 fully saturated rings. The van der Waals surface area contributed by atoms with Gasteiger partial charge in [-0.2, -0.15) is 0 Å². The van der Waals surface area contributed by atoms with Gasteiger partial charge in [0, 0.05) is 35.8 Å². The van der Waals surface area contributed by atoms with Crippen LogP contribution >= 0.6 is 0 Å². The molecule has 1 amide bonds. The number of carbonyl (C=O) groups is 3. The summed E-state index contributed by atoms with van der Waals surface area (Å²) in [6, 6.07) is 6.18. The summed E-state index contributed by atoms with van der Waals surface area (Å²) in [6.45, 7) is 6.86. The largest absolute Gasteiger partial charge is 0.490 e. The minimum absolute atomic E-state index is 0.0136. The highest BCUT2D eigenvalue weighted by atomic mass is 19.1. The van der Waals surface area contributed by atoms with Gasteiger partial charge in [0.05, 0.1) is 18.7 Å². The van der Waals surface area contributed by atoms with E-state index in [2.05, 4.69) is 5.32 Å². The van der Waals surface area contributed by atoms with Crippen molar-refractivity contribution in [2.75, 3.05) is 26.8 Å². The van der Waals surface area contributed by atoms with Crippen molar-refractivity contribution < 1.29 is 33.4 Å². The van der Waals surface area contributed by atoms with E-state index in [9.17, 15) is 14.4 Å². The van der Waals surface area contributed by atoms with E-state index in [1.165, 1.54) is 18.0 Å². The molecule has 10 heteroatoms. The number of carbonyl (C=O) groups excluding carboxylic acids is 2. The van der Waals surface area contributed by atoms with Crippen LogP contribution < -0.4 is 14.8 Å². The maximum Gasteiger partial charge on any atom is 0.341 e. The fourth-order valence-electron chi connectivity index (χ4n) is 4.02. The first-order chi connectivity index (χ1) is 16.9. The number of halogens is 1. The summed E-state index contributed by atoms with van der Waals surface area (Å²) < 4.78 is 26.1. The number of benzene rings is 2. The standard InChI is InChI=1S/C26H30FN3O6/c1-6-35-23-16(25(34)29-5)10-15-17(22(23)27)11-30(24(15)28)12-19(31)14-7-8-20(36-13-21(32)33)18(9-14)26(2,3)4/h7-10,28H,6,11-13H2,1-5H3,(H,29,34)(H,32,33). The lowest BCUT2D eigenvalue weighted by Crippen LogP contribution is -2.30. The van der Waals surface area contributed by atoms with Gasteiger partial charge < -0.3 is 24.8 Å². The maximum absolute atomic E-state index is 15.3. The van der Waals surface area contributed by atoms with E-state index >= 15 is 4.39 Å². The zero-order chi connectivity index (χ0) is 26.8. The fraction of sp³-hybridized carbons (Fsp3) is 0.385. The molecule has 2 aromatic carbocycles. The van der Waals surface area contributed by atoms with Crippen LogP contribution in [0.4, 0.5) is 4.39 Å². The number of ether oxygens (including phenoxy) is 2. The first-order valence-corrected chi connectivity index (χ1v) is 11.4. The van der Waals surface area contributed by atoms with E-state index in [-0.39, 0.29) is 53.8 Å². The second-order valence-electron chi connectivity index (χ2n) is 9.38. The Labute approximate surface area is 208 Å². The molecule has 9 nitrogen and oxygen atoms in total. The Morgan fingerprint density at radius 3 is 2.47 bits per heavy atom. The van der Waals surface area contributed by atoms with Crippen molar-refractivity contribution >= 4 is 23.5 Å². The van der Waals surface area contributed by atoms with Crippen molar-refractivity contribution in [1.29, 1.82) is 5.41 Å². The maximum atomic E-state index is 15.3. The Morgan fingerprint density at radius 2 is 1.89 bits per heavy atom. The van der Waals surface area contributed by atoms with Crippen LogP contribution in [0, 0.1) is 11.2 Å². The third-order valence-electron chi connectivity index (χ3n) is 5.80. The molecule has 2 aromatic rings. The van der Waals surface area contributed by atoms with Gasteiger partial charge in [0.25, 0.3) is 5.91 Å². The third kappa shape index (κ3) is 5.32. The van der Waals surface area contributed by atoms with Gasteiger partial charge in [-0.1, -0.05) is 20.8 Å². The Balaban J connectivity index is 1.89. The molecule has 1 heterocycles. The lowest BCUT2D eigenvalue weighted by molar-refractivity contribution is -0.139. The smallest absolute Gasteiger partial charge is 0.341 e. The van der Waals surface area contributed by atoms with Crippen LogP contribution in [-0.2, 0) is 16.8 Å². The van der Waals surface area contributed by atoms with Crippen molar-refractivity contribution in [1.82, 2.24) is 10.2 Å². The van der Waals surface area contributed by atoms with E-state index < -0.39 is 29.7 Å². The molecule has 3 rings (SSSR count). The molecule has 0 saturated carbocycles. The van der Waals surface area contributed by atoms with Gasteiger partial charge >= 0.3 is 5.97 Å². The second-order valence-corrected chi connectivity index (χ2v) is 9.38. The number of fused-ring (bicyclic) bond motifs is 1. The molecule has 36 heavy (non-hydrogen) atoms. The summed E-state index contributed by atoms with van der Waals surface area (Å²) in [5.41, 5.74) is 0.993. The number of amides is 1. The van der Waals surface area contributed by atoms with Crippen LogP contribution in [0.15, 0.2) is 24.3 Å². The number of carboxylic acids is 1. The van der Waals surface area contributed by atoms with E-state index in [4.69, 9.17) is 20.0 Å². The summed E-state index contributed by atoms with van der Waals surface area (Å²) >= 11 is 0. The number of carboxylic acid groups (broad SMARTS) is 1. The fourth-order valence-corrected chi connectivity index (χ4v) is 4.02. The Bertz CT molecular complexity index is 1240. The molecule has 0 aromatic heterocycles. The van der Waals surface area contributed by atoms with Crippen LogP contribution in [0.3, 0.4) is 0 Å². The summed E-state index contributed by atoms with van der Waals surface area (Å²) in [6.07, 6.45) is 0. The molecular formula is C26H30FN3O6. The first-order valence-electron chi connectivity index (χ1n) is 11.4. The van der Waals surface area contributed by atoms with Crippen LogP contribution in [0.5, 0.6) is 11.5 Å². The topological polar surface area (TPSA) is 129 Å². The number of amidine groups is 1.